The van der Waals surface area contributed by atoms with E-state index in [0.717, 1.165) is 51.3 Å². The van der Waals surface area contributed by atoms with Crippen LogP contribution < -0.4 is 5.32 Å². The van der Waals surface area contributed by atoms with Gasteiger partial charge >= 0.3 is 6.03 Å². The maximum absolute atomic E-state index is 12.6. The molecule has 2 aliphatic rings. The van der Waals surface area contributed by atoms with E-state index in [-0.39, 0.29) is 11.9 Å². The van der Waals surface area contributed by atoms with Gasteiger partial charge in [0.05, 0.1) is 0 Å². The highest BCUT2D eigenvalue weighted by Gasteiger charge is 2.22. The van der Waals surface area contributed by atoms with Crippen molar-refractivity contribution in [3.63, 3.8) is 0 Å². The van der Waals surface area contributed by atoms with Crippen LogP contribution in [0.15, 0.2) is 24.3 Å². The van der Waals surface area contributed by atoms with E-state index >= 15 is 0 Å². The normalized spacial score (nSPS) is 21.4. The van der Waals surface area contributed by atoms with Gasteiger partial charge in [0.25, 0.3) is 5.91 Å². The van der Waals surface area contributed by atoms with E-state index < -0.39 is 0 Å². The molecule has 0 spiro atoms. The Balaban J connectivity index is 1.50. The summed E-state index contributed by atoms with van der Waals surface area (Å²) in [5.41, 5.74) is 1.41. The third-order valence-electron chi connectivity index (χ3n) is 6.05. The summed E-state index contributed by atoms with van der Waals surface area (Å²) >= 11 is 0. The number of carbonyl (C=O) groups is 2. The van der Waals surface area contributed by atoms with Gasteiger partial charge < -0.3 is 20.0 Å². The van der Waals surface area contributed by atoms with Gasteiger partial charge in [-0.15, -0.1) is 0 Å². The molecule has 0 aliphatic carbocycles. The minimum Gasteiger partial charge on any atom is -0.339 e. The number of likely N-dealkylation sites (tertiary alicyclic amines) is 2. The molecule has 1 N–H and O–H groups in total. The van der Waals surface area contributed by atoms with Gasteiger partial charge in [-0.25, -0.2) is 4.79 Å². The molecular weight excluding hydrogens is 352 g/mol. The molecule has 1 aromatic carbocycles. The van der Waals surface area contributed by atoms with Crippen molar-refractivity contribution in [3.05, 3.63) is 29.8 Å². The number of benzene rings is 1. The van der Waals surface area contributed by atoms with E-state index in [0.29, 0.717) is 17.4 Å². The van der Waals surface area contributed by atoms with Crippen LogP contribution in [0.1, 0.15) is 43.0 Å². The van der Waals surface area contributed by atoms with Gasteiger partial charge in [-0.2, -0.15) is 0 Å². The van der Waals surface area contributed by atoms with E-state index in [4.69, 9.17) is 0 Å². The van der Waals surface area contributed by atoms with Crippen LogP contribution in [0, 0.1) is 11.8 Å². The van der Waals surface area contributed by atoms with E-state index in [1.54, 1.807) is 4.90 Å². The summed E-state index contributed by atoms with van der Waals surface area (Å²) in [4.78, 5) is 31.1. The second kappa shape index (κ2) is 9.41. The molecular formula is C22H34N4O2. The maximum atomic E-state index is 12.6. The third kappa shape index (κ3) is 5.47. The Bertz CT molecular complexity index is 668. The van der Waals surface area contributed by atoms with Crippen LogP contribution in [0.25, 0.3) is 0 Å². The van der Waals surface area contributed by atoms with Crippen molar-refractivity contribution in [1.82, 2.24) is 14.7 Å². The van der Waals surface area contributed by atoms with E-state index in [2.05, 4.69) is 24.2 Å². The molecule has 0 radical (unpaired) electrons. The fourth-order valence-electron chi connectivity index (χ4n) is 4.20. The minimum atomic E-state index is -0.0997. The first-order valence-electron chi connectivity index (χ1n) is 10.5. The number of anilines is 1. The molecule has 1 unspecified atom stereocenters. The van der Waals surface area contributed by atoms with Crippen LogP contribution in [-0.4, -0.2) is 73.5 Å². The number of rotatable bonds is 4. The summed E-state index contributed by atoms with van der Waals surface area (Å²) in [7, 11) is 3.98. The number of carbonyl (C=O) groups excluding carboxylic acids is 2. The van der Waals surface area contributed by atoms with Crippen LogP contribution in [0.2, 0.25) is 0 Å². The van der Waals surface area contributed by atoms with Crippen molar-refractivity contribution in [1.29, 1.82) is 0 Å². The standard InChI is InChI=1S/C22H34N4O2/c1-17-10-13-26(14-11-17)21(27)19-6-8-20(9-7-19)23-22(28)25(3)16-18-5-4-12-24(2)15-18/h6-9,17-18H,4-5,10-16H2,1-3H3,(H,23,28). The summed E-state index contributed by atoms with van der Waals surface area (Å²) in [5.74, 6) is 1.32. The summed E-state index contributed by atoms with van der Waals surface area (Å²) in [6.07, 6.45) is 4.52. The molecule has 6 heteroatoms. The first kappa shape index (κ1) is 20.6. The summed E-state index contributed by atoms with van der Waals surface area (Å²) in [6, 6.07) is 7.16. The van der Waals surface area contributed by atoms with E-state index in [1.165, 1.54) is 12.8 Å². The molecule has 1 atom stereocenters. The van der Waals surface area contributed by atoms with Crippen LogP contribution in [0.4, 0.5) is 10.5 Å². The Morgan fingerprint density at radius 2 is 1.79 bits per heavy atom. The van der Waals surface area contributed by atoms with Gasteiger partial charge in [0.1, 0.15) is 0 Å². The van der Waals surface area contributed by atoms with Crippen molar-refractivity contribution < 1.29 is 9.59 Å². The quantitative estimate of drug-likeness (QED) is 0.863. The number of hydrogen-bond donors (Lipinski definition) is 1. The molecule has 2 heterocycles. The van der Waals surface area contributed by atoms with E-state index in [1.807, 2.05) is 36.2 Å². The highest BCUT2D eigenvalue weighted by molar-refractivity contribution is 5.95. The highest BCUT2D eigenvalue weighted by Crippen LogP contribution is 2.20. The van der Waals surface area contributed by atoms with Gasteiger partial charge in [0.15, 0.2) is 0 Å². The largest absolute Gasteiger partial charge is 0.339 e. The molecule has 2 saturated heterocycles. The molecule has 154 valence electrons. The smallest absolute Gasteiger partial charge is 0.321 e. The second-order valence-electron chi connectivity index (χ2n) is 8.63. The Hall–Kier alpha value is -2.08. The third-order valence-corrected chi connectivity index (χ3v) is 6.05. The Labute approximate surface area is 168 Å². The first-order chi connectivity index (χ1) is 13.4. The molecule has 0 saturated carbocycles. The minimum absolute atomic E-state index is 0.0864. The zero-order chi connectivity index (χ0) is 20.1. The highest BCUT2D eigenvalue weighted by atomic mass is 16.2. The predicted octanol–water partition coefficient (Wildman–Crippen LogP) is 3.36. The van der Waals surface area contributed by atoms with Gasteiger partial charge in [-0.1, -0.05) is 6.92 Å². The molecule has 0 bridgehead atoms. The Morgan fingerprint density at radius 1 is 1.11 bits per heavy atom. The average Bonchev–Trinajstić information content (AvgIpc) is 2.68. The van der Waals surface area contributed by atoms with E-state index in [9.17, 15) is 9.59 Å². The number of piperidine rings is 2. The molecule has 0 aromatic heterocycles. The fraction of sp³-hybridized carbons (Fsp3) is 0.636. The zero-order valence-electron chi connectivity index (χ0n) is 17.5. The summed E-state index contributed by atoms with van der Waals surface area (Å²) in [5, 5.41) is 2.94. The van der Waals surface area contributed by atoms with Crippen molar-refractivity contribution in [2.24, 2.45) is 11.8 Å². The van der Waals surface area contributed by atoms with Crippen molar-refractivity contribution in [3.8, 4) is 0 Å². The summed E-state index contributed by atoms with van der Waals surface area (Å²) in [6.45, 7) is 6.86. The van der Waals surface area contributed by atoms with Crippen molar-refractivity contribution >= 4 is 17.6 Å². The maximum Gasteiger partial charge on any atom is 0.321 e. The lowest BCUT2D eigenvalue weighted by Gasteiger charge is -2.32. The molecule has 6 nitrogen and oxygen atoms in total. The fourth-order valence-corrected chi connectivity index (χ4v) is 4.20. The average molecular weight is 387 g/mol. The van der Waals surface area contributed by atoms with Crippen LogP contribution >= 0.6 is 0 Å². The van der Waals surface area contributed by atoms with Crippen LogP contribution in [0.5, 0.6) is 0 Å². The molecule has 28 heavy (non-hydrogen) atoms. The zero-order valence-corrected chi connectivity index (χ0v) is 17.5. The lowest BCUT2D eigenvalue weighted by molar-refractivity contribution is 0.0697. The Kier molecular flexibility index (Phi) is 6.94. The van der Waals surface area contributed by atoms with Gasteiger partial charge in [-0.3, -0.25) is 4.79 Å². The van der Waals surface area contributed by atoms with Crippen LogP contribution in [-0.2, 0) is 0 Å². The Morgan fingerprint density at radius 3 is 2.43 bits per heavy atom. The predicted molar refractivity (Wildman–Crippen MR) is 113 cm³/mol. The number of hydrogen-bond acceptors (Lipinski definition) is 3. The first-order valence-corrected chi connectivity index (χ1v) is 10.5. The van der Waals surface area contributed by atoms with Gasteiger partial charge in [0, 0.05) is 44.5 Å². The summed E-state index contributed by atoms with van der Waals surface area (Å²) < 4.78 is 0. The lowest BCUT2D eigenvalue weighted by Crippen LogP contribution is -2.41. The number of nitrogens with zero attached hydrogens (tertiary/aromatic N) is 3. The molecule has 2 fully saturated rings. The van der Waals surface area contributed by atoms with Gasteiger partial charge in [0.2, 0.25) is 0 Å². The molecule has 1 aromatic rings. The number of nitrogens with one attached hydrogen (secondary N) is 1. The lowest BCUT2D eigenvalue weighted by atomic mass is 9.98. The molecule has 3 amide bonds. The number of urea groups is 1. The second-order valence-corrected chi connectivity index (χ2v) is 8.63. The number of amides is 3. The molecule has 3 rings (SSSR count). The van der Waals surface area contributed by atoms with Crippen molar-refractivity contribution in [2.75, 3.05) is 52.1 Å². The topological polar surface area (TPSA) is 55.9 Å². The van der Waals surface area contributed by atoms with Crippen molar-refractivity contribution in [2.45, 2.75) is 32.6 Å². The van der Waals surface area contributed by atoms with Gasteiger partial charge in [-0.05, 0) is 75.4 Å². The monoisotopic (exact) mass is 386 g/mol. The SMILES string of the molecule is CC1CCN(C(=O)c2ccc(NC(=O)N(C)CC3CCCN(C)C3)cc2)CC1. The van der Waals surface area contributed by atoms with Crippen LogP contribution in [0.3, 0.4) is 0 Å². The molecule has 2 aliphatic heterocycles.